The van der Waals surface area contributed by atoms with Crippen molar-refractivity contribution in [2.45, 2.75) is 25.4 Å². The number of hydrogen-bond donors (Lipinski definition) is 0. The highest BCUT2D eigenvalue weighted by atomic mass is 32.2. The molecule has 2 heterocycles. The summed E-state index contributed by atoms with van der Waals surface area (Å²) in [6, 6.07) is 21.3. The molecule has 1 aliphatic rings. The van der Waals surface area contributed by atoms with Gasteiger partial charge in [0.25, 0.3) is 11.8 Å². The van der Waals surface area contributed by atoms with Crippen molar-refractivity contribution in [3.63, 3.8) is 0 Å². The maximum atomic E-state index is 13.4. The molecule has 0 bridgehead atoms. The third-order valence-electron chi connectivity index (χ3n) is 5.20. The van der Waals surface area contributed by atoms with Gasteiger partial charge in [-0.3, -0.25) is 14.5 Å². The van der Waals surface area contributed by atoms with Gasteiger partial charge < -0.3 is 4.90 Å². The molecule has 1 aliphatic heterocycles. The number of nitrogens with zero attached hydrogens (tertiary/aromatic N) is 4. The van der Waals surface area contributed by atoms with E-state index in [2.05, 4.69) is 9.97 Å². The molecule has 162 valence electrons. The van der Waals surface area contributed by atoms with Gasteiger partial charge in [0.2, 0.25) is 0 Å². The van der Waals surface area contributed by atoms with E-state index in [-0.39, 0.29) is 11.8 Å². The third-order valence-corrected chi connectivity index (χ3v) is 6.14. The smallest absolute Gasteiger partial charge is 0.278 e. The van der Waals surface area contributed by atoms with Crippen molar-refractivity contribution in [3.05, 3.63) is 94.3 Å². The van der Waals surface area contributed by atoms with E-state index in [4.69, 9.17) is 0 Å². The molecule has 0 N–H and O–H groups in total. The molecule has 0 fully saturated rings. The summed E-state index contributed by atoms with van der Waals surface area (Å²) in [5, 5.41) is 0.461. The Morgan fingerprint density at radius 1 is 0.875 bits per heavy atom. The van der Waals surface area contributed by atoms with Crippen LogP contribution in [-0.2, 0) is 16.0 Å². The number of benzene rings is 2. The van der Waals surface area contributed by atoms with Crippen LogP contribution in [0.1, 0.15) is 17.0 Å². The Morgan fingerprint density at radius 2 is 1.47 bits per heavy atom. The molecule has 1 aromatic heterocycles. The minimum atomic E-state index is -0.309. The zero-order valence-corrected chi connectivity index (χ0v) is 19.1. The molecule has 0 saturated carbocycles. The summed E-state index contributed by atoms with van der Waals surface area (Å²) in [6.45, 7) is 4.08. The van der Waals surface area contributed by atoms with Crippen LogP contribution in [0.2, 0.25) is 0 Å². The zero-order valence-electron chi connectivity index (χ0n) is 18.3. The van der Waals surface area contributed by atoms with Gasteiger partial charge in [-0.1, -0.05) is 48.5 Å². The molecular weight excluding hydrogens is 420 g/mol. The summed E-state index contributed by atoms with van der Waals surface area (Å²) in [5.41, 5.74) is 3.88. The number of carbonyl (C=O) groups is 2. The normalized spacial score (nSPS) is 13.8. The van der Waals surface area contributed by atoms with Gasteiger partial charge in [-0.25, -0.2) is 9.97 Å². The van der Waals surface area contributed by atoms with Gasteiger partial charge in [0.15, 0.2) is 5.16 Å². The standard InChI is InChI=1S/C25H24N4O2S/c1-17-16-18(2)27-25(26-17)32-22-21(28(3)20-12-8-5-9-13-20)23(30)29(24(22)31)15-14-19-10-6-4-7-11-19/h4-13,16H,14-15H2,1-3H3. The summed E-state index contributed by atoms with van der Waals surface area (Å²) >= 11 is 1.15. The Hall–Kier alpha value is -3.45. The SMILES string of the molecule is Cc1cc(C)nc(SC2=C(N(C)c3ccccc3)C(=O)N(CCc3ccccc3)C2=O)n1. The van der Waals surface area contributed by atoms with E-state index < -0.39 is 0 Å². The van der Waals surface area contributed by atoms with E-state index in [1.165, 1.54) is 4.90 Å². The molecule has 6 nitrogen and oxygen atoms in total. The number of aryl methyl sites for hydroxylation is 2. The molecule has 0 aliphatic carbocycles. The van der Waals surface area contributed by atoms with Crippen LogP contribution in [-0.4, -0.2) is 40.3 Å². The summed E-state index contributed by atoms with van der Waals surface area (Å²) in [6.07, 6.45) is 0.596. The van der Waals surface area contributed by atoms with Crippen molar-refractivity contribution in [2.75, 3.05) is 18.5 Å². The van der Waals surface area contributed by atoms with E-state index in [1.54, 1.807) is 11.9 Å². The highest BCUT2D eigenvalue weighted by molar-refractivity contribution is 8.04. The van der Waals surface area contributed by atoms with Gasteiger partial charge >= 0.3 is 0 Å². The quantitative estimate of drug-likeness (QED) is 0.403. The highest BCUT2D eigenvalue weighted by Crippen LogP contribution is 2.36. The Morgan fingerprint density at radius 3 is 2.09 bits per heavy atom. The number of rotatable bonds is 7. The molecular formula is C25H24N4O2S. The van der Waals surface area contributed by atoms with Crippen LogP contribution in [0, 0.1) is 13.8 Å². The number of para-hydroxylation sites is 1. The molecule has 0 radical (unpaired) electrons. The van der Waals surface area contributed by atoms with Crippen molar-refractivity contribution in [1.82, 2.24) is 14.9 Å². The molecule has 2 amide bonds. The molecule has 0 saturated heterocycles. The van der Waals surface area contributed by atoms with Crippen LogP contribution in [0.3, 0.4) is 0 Å². The van der Waals surface area contributed by atoms with E-state index >= 15 is 0 Å². The second-order valence-corrected chi connectivity index (χ2v) is 8.58. The first-order valence-corrected chi connectivity index (χ1v) is 11.2. The Labute approximate surface area is 192 Å². The van der Waals surface area contributed by atoms with Gasteiger partial charge in [-0.05, 0) is 55.8 Å². The molecule has 2 aromatic carbocycles. The lowest BCUT2D eigenvalue weighted by Crippen LogP contribution is -2.35. The monoisotopic (exact) mass is 444 g/mol. The average Bonchev–Trinajstić information content (AvgIpc) is 3.01. The topological polar surface area (TPSA) is 66.4 Å². The lowest BCUT2D eigenvalue weighted by molar-refractivity contribution is -0.137. The maximum Gasteiger partial charge on any atom is 0.278 e. The Balaban J connectivity index is 1.68. The van der Waals surface area contributed by atoms with Gasteiger partial charge in [0.05, 0.1) is 0 Å². The lowest BCUT2D eigenvalue weighted by Gasteiger charge is -2.21. The first-order valence-electron chi connectivity index (χ1n) is 10.4. The van der Waals surface area contributed by atoms with E-state index in [0.717, 1.165) is 34.4 Å². The molecule has 32 heavy (non-hydrogen) atoms. The molecule has 0 unspecified atom stereocenters. The van der Waals surface area contributed by atoms with Gasteiger partial charge in [-0.15, -0.1) is 0 Å². The average molecular weight is 445 g/mol. The number of hydrogen-bond acceptors (Lipinski definition) is 6. The number of carbonyl (C=O) groups excluding carboxylic acids is 2. The number of thioether (sulfide) groups is 1. The van der Waals surface area contributed by atoms with Gasteiger partial charge in [0.1, 0.15) is 10.6 Å². The van der Waals surface area contributed by atoms with Crippen LogP contribution in [0.4, 0.5) is 5.69 Å². The fourth-order valence-electron chi connectivity index (χ4n) is 3.63. The molecule has 0 atom stereocenters. The predicted octanol–water partition coefficient (Wildman–Crippen LogP) is 4.15. The molecule has 7 heteroatoms. The summed E-state index contributed by atoms with van der Waals surface area (Å²) in [5.74, 6) is -0.611. The summed E-state index contributed by atoms with van der Waals surface area (Å²) < 4.78 is 0. The van der Waals surface area contributed by atoms with Crippen molar-refractivity contribution >= 4 is 29.3 Å². The summed E-state index contributed by atoms with van der Waals surface area (Å²) in [7, 11) is 1.81. The van der Waals surface area contributed by atoms with Crippen LogP contribution >= 0.6 is 11.8 Å². The second-order valence-electron chi connectivity index (χ2n) is 7.61. The van der Waals surface area contributed by atoms with Crippen molar-refractivity contribution in [2.24, 2.45) is 0 Å². The molecule has 3 aromatic rings. The fraction of sp³-hybridized carbons (Fsp3) is 0.200. The first kappa shape index (κ1) is 21.8. The third kappa shape index (κ3) is 4.57. The number of anilines is 1. The van der Waals surface area contributed by atoms with E-state index in [0.29, 0.717) is 28.7 Å². The van der Waals surface area contributed by atoms with Crippen molar-refractivity contribution in [1.29, 1.82) is 0 Å². The van der Waals surface area contributed by atoms with Crippen LogP contribution < -0.4 is 4.90 Å². The Bertz CT molecular complexity index is 1160. The number of aromatic nitrogens is 2. The van der Waals surface area contributed by atoms with Crippen LogP contribution in [0.15, 0.2) is 82.5 Å². The van der Waals surface area contributed by atoms with Crippen molar-refractivity contribution in [3.8, 4) is 0 Å². The van der Waals surface area contributed by atoms with Gasteiger partial charge in [0, 0.05) is 30.7 Å². The zero-order chi connectivity index (χ0) is 22.7. The minimum absolute atomic E-state index is 0.302. The Kier molecular flexibility index (Phi) is 6.37. The highest BCUT2D eigenvalue weighted by Gasteiger charge is 2.41. The minimum Gasteiger partial charge on any atom is -0.339 e. The molecule has 0 spiro atoms. The van der Waals surface area contributed by atoms with E-state index in [1.807, 2.05) is 80.6 Å². The van der Waals surface area contributed by atoms with Crippen LogP contribution in [0.25, 0.3) is 0 Å². The maximum absolute atomic E-state index is 13.4. The second kappa shape index (κ2) is 9.36. The summed E-state index contributed by atoms with van der Waals surface area (Å²) in [4.78, 5) is 39.2. The predicted molar refractivity (Wildman–Crippen MR) is 126 cm³/mol. The first-order chi connectivity index (χ1) is 15.4. The molecule has 4 rings (SSSR count). The van der Waals surface area contributed by atoms with E-state index in [9.17, 15) is 9.59 Å². The van der Waals surface area contributed by atoms with Crippen molar-refractivity contribution < 1.29 is 9.59 Å². The number of imide groups is 1. The largest absolute Gasteiger partial charge is 0.339 e. The fourth-order valence-corrected chi connectivity index (χ4v) is 4.71. The lowest BCUT2D eigenvalue weighted by atomic mass is 10.1. The van der Waals surface area contributed by atoms with Gasteiger partial charge in [-0.2, -0.15) is 0 Å². The van der Waals surface area contributed by atoms with Crippen LogP contribution in [0.5, 0.6) is 0 Å². The number of amides is 2. The number of likely N-dealkylation sites (N-methyl/N-ethyl adjacent to an activating group) is 1.